The van der Waals surface area contributed by atoms with E-state index in [1.807, 2.05) is 0 Å². The lowest BCUT2D eigenvalue weighted by Gasteiger charge is -2.15. The molecular weight excluding hydrogens is 358 g/mol. The van der Waals surface area contributed by atoms with Crippen molar-refractivity contribution in [3.63, 3.8) is 0 Å². The van der Waals surface area contributed by atoms with Gasteiger partial charge in [-0.1, -0.05) is 52.4 Å². The first-order valence-corrected chi connectivity index (χ1v) is 7.33. The molecule has 3 aromatic rings. The van der Waals surface area contributed by atoms with Crippen molar-refractivity contribution in [1.82, 2.24) is 9.55 Å². The molecule has 6 heteroatoms. The number of para-hydroxylation sites is 1. The molecule has 0 spiro atoms. The van der Waals surface area contributed by atoms with Gasteiger partial charge in [-0.2, -0.15) is 8.78 Å². The number of hydrogen-bond acceptors (Lipinski definition) is 2. The minimum absolute atomic E-state index is 0.168. The third kappa shape index (κ3) is 2.61. The normalized spacial score (nSPS) is 11.2. The van der Waals surface area contributed by atoms with Crippen molar-refractivity contribution in [3.05, 3.63) is 57.6 Å². The Balaban J connectivity index is 2.39. The summed E-state index contributed by atoms with van der Waals surface area (Å²) < 4.78 is 29.2. The quantitative estimate of drug-likeness (QED) is 0.550. The van der Waals surface area contributed by atoms with Gasteiger partial charge in [0, 0.05) is 15.4 Å². The van der Waals surface area contributed by atoms with Gasteiger partial charge in [-0.3, -0.25) is 4.57 Å². The minimum atomic E-state index is -2.70. The van der Waals surface area contributed by atoms with Gasteiger partial charge in [0.05, 0.1) is 5.52 Å². The lowest BCUT2D eigenvalue weighted by atomic mass is 10.2. The Labute approximate surface area is 133 Å². The molecule has 0 amide bonds. The highest BCUT2D eigenvalue weighted by Crippen LogP contribution is 2.29. The van der Waals surface area contributed by atoms with Crippen molar-refractivity contribution in [2.45, 2.75) is 6.55 Å². The van der Waals surface area contributed by atoms with Crippen LogP contribution in [0.5, 0.6) is 0 Å². The molecule has 0 saturated carbocycles. The molecule has 0 aliphatic heterocycles. The zero-order chi connectivity index (χ0) is 15.0. The van der Waals surface area contributed by atoms with Crippen molar-refractivity contribution in [2.75, 3.05) is 0 Å². The number of hydrogen-bond donors (Lipinski definition) is 0. The van der Waals surface area contributed by atoms with Crippen LogP contribution < -0.4 is 0 Å². The average molecular weight is 367 g/mol. The van der Waals surface area contributed by atoms with Crippen molar-refractivity contribution in [2.24, 2.45) is 0 Å². The molecule has 0 radical (unpaired) electrons. The van der Waals surface area contributed by atoms with E-state index >= 15 is 0 Å². The van der Waals surface area contributed by atoms with E-state index in [9.17, 15) is 8.78 Å². The lowest BCUT2D eigenvalue weighted by molar-refractivity contribution is 0.0754. The molecular formula is C15H9BrF2N2S. The Bertz CT molecular complexity index is 860. The van der Waals surface area contributed by atoms with Crippen LogP contribution in [0.1, 0.15) is 6.55 Å². The predicted molar refractivity (Wildman–Crippen MR) is 85.0 cm³/mol. The summed E-state index contributed by atoms with van der Waals surface area (Å²) in [5.41, 5.74) is 0.973. The second kappa shape index (κ2) is 5.61. The van der Waals surface area contributed by atoms with Crippen molar-refractivity contribution < 1.29 is 8.78 Å². The average Bonchev–Trinajstić information content (AvgIpc) is 2.47. The molecule has 1 aromatic heterocycles. The van der Waals surface area contributed by atoms with E-state index in [0.717, 1.165) is 9.04 Å². The molecule has 2 aromatic carbocycles. The van der Waals surface area contributed by atoms with Crippen molar-refractivity contribution >= 4 is 39.1 Å². The van der Waals surface area contributed by atoms with Gasteiger partial charge in [-0.15, -0.1) is 0 Å². The van der Waals surface area contributed by atoms with Crippen molar-refractivity contribution in [1.29, 1.82) is 0 Å². The van der Waals surface area contributed by atoms with Crippen LogP contribution in [-0.4, -0.2) is 9.55 Å². The number of nitrogens with zero attached hydrogens (tertiary/aromatic N) is 2. The summed E-state index contributed by atoms with van der Waals surface area (Å²) in [6.07, 6.45) is 0. The van der Waals surface area contributed by atoms with Gasteiger partial charge in [0.15, 0.2) is 0 Å². The molecule has 0 fully saturated rings. The number of fused-ring (bicyclic) bond motifs is 1. The molecule has 0 bridgehead atoms. The lowest BCUT2D eigenvalue weighted by Crippen LogP contribution is -2.08. The van der Waals surface area contributed by atoms with Gasteiger partial charge in [0.2, 0.25) is 0 Å². The summed E-state index contributed by atoms with van der Waals surface area (Å²) in [5, 5.41) is 0.550. The maximum atomic E-state index is 13.5. The summed E-state index contributed by atoms with van der Waals surface area (Å²) in [6, 6.07) is 13.8. The van der Waals surface area contributed by atoms with Crippen LogP contribution in [-0.2, 0) is 0 Å². The number of rotatable bonds is 2. The smallest absolute Gasteiger partial charge is 0.268 e. The van der Waals surface area contributed by atoms with Crippen LogP contribution in [0.25, 0.3) is 22.3 Å². The third-order valence-electron chi connectivity index (χ3n) is 3.13. The molecule has 0 N–H and O–H groups in total. The fraction of sp³-hybridized carbons (Fsp3) is 0.0667. The van der Waals surface area contributed by atoms with Gasteiger partial charge in [0.25, 0.3) is 0 Å². The highest BCUT2D eigenvalue weighted by Gasteiger charge is 2.17. The molecule has 3 rings (SSSR count). The number of halogens is 3. The van der Waals surface area contributed by atoms with E-state index in [0.29, 0.717) is 21.1 Å². The van der Waals surface area contributed by atoms with Crippen molar-refractivity contribution in [3.8, 4) is 11.4 Å². The SMILES string of the molecule is FC(F)n1c(-c2ccc(Br)cc2)nc(=S)c2ccccc21. The Morgan fingerprint density at radius 1 is 1.05 bits per heavy atom. The van der Waals surface area contributed by atoms with Crippen LogP contribution in [0.15, 0.2) is 53.0 Å². The monoisotopic (exact) mass is 366 g/mol. The van der Waals surface area contributed by atoms with Gasteiger partial charge >= 0.3 is 6.55 Å². The summed E-state index contributed by atoms with van der Waals surface area (Å²) in [6.45, 7) is -2.70. The zero-order valence-corrected chi connectivity index (χ0v) is 13.0. The summed E-state index contributed by atoms with van der Waals surface area (Å²) in [4.78, 5) is 4.20. The fourth-order valence-corrected chi connectivity index (χ4v) is 2.71. The Kier molecular flexibility index (Phi) is 3.82. The summed E-state index contributed by atoms with van der Waals surface area (Å²) in [5.74, 6) is 0.168. The molecule has 2 nitrogen and oxygen atoms in total. The highest BCUT2D eigenvalue weighted by atomic mass is 79.9. The molecule has 0 atom stereocenters. The molecule has 106 valence electrons. The zero-order valence-electron chi connectivity index (χ0n) is 10.6. The van der Waals surface area contributed by atoms with E-state index in [1.54, 1.807) is 48.5 Å². The van der Waals surface area contributed by atoms with E-state index in [2.05, 4.69) is 20.9 Å². The molecule has 0 aliphatic carbocycles. The van der Waals surface area contributed by atoms with Gasteiger partial charge in [-0.25, -0.2) is 4.98 Å². The van der Waals surface area contributed by atoms with Crippen LogP contribution in [0.2, 0.25) is 0 Å². The Morgan fingerprint density at radius 2 is 1.71 bits per heavy atom. The number of benzene rings is 2. The van der Waals surface area contributed by atoms with Gasteiger partial charge in [0.1, 0.15) is 10.5 Å². The summed E-state index contributed by atoms with van der Waals surface area (Å²) >= 11 is 8.56. The minimum Gasteiger partial charge on any atom is -0.268 e. The second-order valence-electron chi connectivity index (χ2n) is 4.41. The van der Waals surface area contributed by atoms with E-state index in [4.69, 9.17) is 12.2 Å². The van der Waals surface area contributed by atoms with Crippen LogP contribution >= 0.6 is 28.1 Å². The first kappa shape index (κ1) is 14.3. The highest BCUT2D eigenvalue weighted by molar-refractivity contribution is 9.10. The molecule has 0 saturated heterocycles. The largest absolute Gasteiger partial charge is 0.320 e. The van der Waals surface area contributed by atoms with E-state index in [1.165, 1.54) is 0 Å². The predicted octanol–water partition coefficient (Wildman–Crippen LogP) is 5.59. The van der Waals surface area contributed by atoms with Crippen LogP contribution in [0.4, 0.5) is 8.78 Å². The fourth-order valence-electron chi connectivity index (χ4n) is 2.19. The van der Waals surface area contributed by atoms with E-state index in [-0.39, 0.29) is 5.82 Å². The van der Waals surface area contributed by atoms with Gasteiger partial charge < -0.3 is 0 Å². The maximum absolute atomic E-state index is 13.5. The maximum Gasteiger partial charge on any atom is 0.320 e. The first-order chi connectivity index (χ1) is 10.1. The third-order valence-corrected chi connectivity index (χ3v) is 3.97. The number of aromatic nitrogens is 2. The van der Waals surface area contributed by atoms with Crippen LogP contribution in [0.3, 0.4) is 0 Å². The van der Waals surface area contributed by atoms with Gasteiger partial charge in [-0.05, 0) is 24.3 Å². The Hall–Kier alpha value is -1.66. The molecule has 21 heavy (non-hydrogen) atoms. The van der Waals surface area contributed by atoms with Crippen LogP contribution in [0, 0.1) is 4.64 Å². The molecule has 1 heterocycles. The van der Waals surface area contributed by atoms with E-state index < -0.39 is 6.55 Å². The standard InChI is InChI=1S/C15H9BrF2N2S/c16-10-7-5-9(6-8-10)13-19-14(21)11-3-1-2-4-12(11)20(13)15(17)18/h1-8,15H. The number of alkyl halides is 2. The topological polar surface area (TPSA) is 17.8 Å². The summed E-state index contributed by atoms with van der Waals surface area (Å²) in [7, 11) is 0. The first-order valence-electron chi connectivity index (χ1n) is 6.13. The molecule has 0 aliphatic rings. The Morgan fingerprint density at radius 3 is 2.38 bits per heavy atom. The second-order valence-corrected chi connectivity index (χ2v) is 5.71. The molecule has 0 unspecified atom stereocenters.